The Bertz CT molecular complexity index is 682. The number of carbonyl (C=O) groups is 1. The van der Waals surface area contributed by atoms with Crippen LogP contribution in [0.3, 0.4) is 0 Å². The number of benzene rings is 1. The van der Waals surface area contributed by atoms with Gasteiger partial charge in [0.1, 0.15) is 0 Å². The van der Waals surface area contributed by atoms with E-state index in [1.165, 1.54) is 13.2 Å². The molecule has 0 amide bonds. The second-order valence-corrected chi connectivity index (χ2v) is 6.08. The zero-order chi connectivity index (χ0) is 17.9. The highest BCUT2D eigenvalue weighted by atomic mass is 16.6. The molecule has 0 saturated carbocycles. The number of methoxy groups -OCH3 is 1. The second-order valence-electron chi connectivity index (χ2n) is 6.08. The number of Topliss-reactive ketones (excluding diaryl/α,β-unsaturated/α-hetero) is 1. The molecule has 0 bridgehead atoms. The maximum Gasteiger partial charge on any atom is 0.315 e. The van der Waals surface area contributed by atoms with Crippen molar-refractivity contribution in [2.24, 2.45) is 0 Å². The molecule has 0 radical (unpaired) electrons. The van der Waals surface area contributed by atoms with Gasteiger partial charge in [-0.1, -0.05) is 0 Å². The van der Waals surface area contributed by atoms with Gasteiger partial charge in [0.15, 0.2) is 11.5 Å². The van der Waals surface area contributed by atoms with Crippen molar-refractivity contribution in [2.45, 2.75) is 26.4 Å². The van der Waals surface area contributed by atoms with E-state index in [1.54, 1.807) is 26.0 Å². The third-order valence-electron chi connectivity index (χ3n) is 3.69. The van der Waals surface area contributed by atoms with Crippen molar-refractivity contribution >= 4 is 17.5 Å². The van der Waals surface area contributed by atoms with Crippen molar-refractivity contribution in [1.82, 2.24) is 4.90 Å². The molecule has 7 heteroatoms. The summed E-state index contributed by atoms with van der Waals surface area (Å²) in [7, 11) is 3.37. The summed E-state index contributed by atoms with van der Waals surface area (Å²) in [6.45, 7) is 4.82. The van der Waals surface area contributed by atoms with Crippen molar-refractivity contribution in [1.29, 1.82) is 0 Å². The molecule has 1 aliphatic rings. The molecule has 0 spiro atoms. The molecular formula is C17H22N2O5. The van der Waals surface area contributed by atoms with E-state index in [9.17, 15) is 14.9 Å². The van der Waals surface area contributed by atoms with Gasteiger partial charge in [-0.2, -0.15) is 0 Å². The highest BCUT2D eigenvalue weighted by Crippen LogP contribution is 2.39. The van der Waals surface area contributed by atoms with Gasteiger partial charge in [0, 0.05) is 31.1 Å². The summed E-state index contributed by atoms with van der Waals surface area (Å²) in [4.78, 5) is 25.0. The predicted octanol–water partition coefficient (Wildman–Crippen LogP) is 2.68. The van der Waals surface area contributed by atoms with E-state index in [-0.39, 0.29) is 29.1 Å². The van der Waals surface area contributed by atoms with Gasteiger partial charge in [0.2, 0.25) is 5.75 Å². The van der Waals surface area contributed by atoms with Gasteiger partial charge < -0.3 is 14.4 Å². The standard InChI is InChI=1S/C17H22N2O5/c1-11(2)24-17-14(19(21)22)8-12(9-16(17)23-4)7-13-10-18(3)6-5-15(13)20/h7-9,11H,5-6,10H2,1-4H3/b13-7+. The Hall–Kier alpha value is -2.41. The molecule has 0 aliphatic carbocycles. The summed E-state index contributed by atoms with van der Waals surface area (Å²) < 4.78 is 10.8. The lowest BCUT2D eigenvalue weighted by Gasteiger charge is -2.23. The first-order chi connectivity index (χ1) is 11.3. The molecule has 24 heavy (non-hydrogen) atoms. The number of nitro benzene ring substituents is 1. The van der Waals surface area contributed by atoms with Crippen LogP contribution >= 0.6 is 0 Å². The van der Waals surface area contributed by atoms with E-state index in [0.29, 0.717) is 24.1 Å². The summed E-state index contributed by atoms with van der Waals surface area (Å²) in [5.41, 5.74) is 1.01. The first-order valence-corrected chi connectivity index (χ1v) is 7.77. The number of likely N-dealkylation sites (tertiary alicyclic amines) is 1. The number of rotatable bonds is 5. The van der Waals surface area contributed by atoms with Gasteiger partial charge in [0.05, 0.1) is 18.1 Å². The van der Waals surface area contributed by atoms with Crippen LogP contribution in [0, 0.1) is 10.1 Å². The van der Waals surface area contributed by atoms with E-state index < -0.39 is 4.92 Å². The third-order valence-corrected chi connectivity index (χ3v) is 3.69. The van der Waals surface area contributed by atoms with Gasteiger partial charge in [-0.25, -0.2) is 0 Å². The molecule has 1 aromatic carbocycles. The van der Waals surface area contributed by atoms with E-state index in [1.807, 2.05) is 11.9 Å². The molecule has 0 unspecified atom stereocenters. The molecule has 2 rings (SSSR count). The van der Waals surface area contributed by atoms with Crippen molar-refractivity contribution in [3.63, 3.8) is 0 Å². The lowest BCUT2D eigenvalue weighted by Crippen LogP contribution is -2.32. The lowest BCUT2D eigenvalue weighted by molar-refractivity contribution is -0.386. The maximum absolute atomic E-state index is 12.0. The fourth-order valence-corrected chi connectivity index (χ4v) is 2.57. The van der Waals surface area contributed by atoms with E-state index >= 15 is 0 Å². The molecule has 1 heterocycles. The molecule has 1 saturated heterocycles. The molecule has 0 N–H and O–H groups in total. The molecule has 130 valence electrons. The minimum Gasteiger partial charge on any atom is -0.493 e. The van der Waals surface area contributed by atoms with E-state index in [2.05, 4.69) is 0 Å². The zero-order valence-corrected chi connectivity index (χ0v) is 14.4. The van der Waals surface area contributed by atoms with Crippen LogP contribution in [0.1, 0.15) is 25.8 Å². The van der Waals surface area contributed by atoms with Gasteiger partial charge >= 0.3 is 5.69 Å². The second kappa shape index (κ2) is 7.44. The minimum absolute atomic E-state index is 0.0669. The highest BCUT2D eigenvalue weighted by Gasteiger charge is 2.24. The number of ether oxygens (including phenoxy) is 2. The number of nitro groups is 1. The SMILES string of the molecule is COc1cc(/C=C2\CN(C)CCC2=O)cc([N+](=O)[O-])c1OC(C)C. The Balaban J connectivity index is 2.50. The number of hydrogen-bond acceptors (Lipinski definition) is 6. The first-order valence-electron chi connectivity index (χ1n) is 7.77. The summed E-state index contributed by atoms with van der Waals surface area (Å²) >= 11 is 0. The molecule has 1 fully saturated rings. The van der Waals surface area contributed by atoms with Crippen LogP contribution in [0.4, 0.5) is 5.69 Å². The zero-order valence-electron chi connectivity index (χ0n) is 14.4. The maximum atomic E-state index is 12.0. The van der Waals surface area contributed by atoms with Crippen molar-refractivity contribution < 1.29 is 19.2 Å². The molecular weight excluding hydrogens is 312 g/mol. The number of nitrogens with zero attached hydrogens (tertiary/aromatic N) is 2. The smallest absolute Gasteiger partial charge is 0.315 e. The summed E-state index contributed by atoms with van der Waals surface area (Å²) in [6, 6.07) is 3.06. The first kappa shape index (κ1) is 17.9. The van der Waals surface area contributed by atoms with Crippen LogP contribution in [0.25, 0.3) is 6.08 Å². The largest absolute Gasteiger partial charge is 0.493 e. The average Bonchev–Trinajstić information content (AvgIpc) is 2.51. The summed E-state index contributed by atoms with van der Waals surface area (Å²) in [5, 5.41) is 11.4. The predicted molar refractivity (Wildman–Crippen MR) is 90.5 cm³/mol. The Labute approximate surface area is 141 Å². The van der Waals surface area contributed by atoms with Crippen LogP contribution in [-0.4, -0.2) is 49.0 Å². The quantitative estimate of drug-likeness (QED) is 0.468. The third kappa shape index (κ3) is 4.11. The normalized spacial score (nSPS) is 17.4. The number of piperidine rings is 1. The molecule has 1 aliphatic heterocycles. The Morgan fingerprint density at radius 1 is 1.38 bits per heavy atom. The number of hydrogen-bond donors (Lipinski definition) is 0. The van der Waals surface area contributed by atoms with Crippen molar-refractivity contribution in [3.8, 4) is 11.5 Å². The van der Waals surface area contributed by atoms with Gasteiger partial charge in [-0.05, 0) is 38.6 Å². The van der Waals surface area contributed by atoms with Crippen molar-refractivity contribution in [2.75, 3.05) is 27.2 Å². The van der Waals surface area contributed by atoms with Crippen LogP contribution in [0.15, 0.2) is 17.7 Å². The Morgan fingerprint density at radius 2 is 2.08 bits per heavy atom. The average molecular weight is 334 g/mol. The summed E-state index contributed by atoms with van der Waals surface area (Å²) in [5.74, 6) is 0.449. The number of carbonyl (C=O) groups excluding carboxylic acids is 1. The molecule has 0 atom stereocenters. The van der Waals surface area contributed by atoms with Gasteiger partial charge in [-0.3, -0.25) is 14.9 Å². The summed E-state index contributed by atoms with van der Waals surface area (Å²) in [6.07, 6.45) is 1.92. The fourth-order valence-electron chi connectivity index (χ4n) is 2.57. The molecule has 7 nitrogen and oxygen atoms in total. The monoisotopic (exact) mass is 334 g/mol. The fraction of sp³-hybridized carbons (Fsp3) is 0.471. The highest BCUT2D eigenvalue weighted by molar-refractivity contribution is 6.00. The van der Waals surface area contributed by atoms with Crippen LogP contribution in [0.2, 0.25) is 0 Å². The topological polar surface area (TPSA) is 81.9 Å². The Kier molecular flexibility index (Phi) is 5.56. The van der Waals surface area contributed by atoms with Gasteiger partial charge in [0.25, 0.3) is 0 Å². The van der Waals surface area contributed by atoms with Gasteiger partial charge in [-0.15, -0.1) is 0 Å². The lowest BCUT2D eigenvalue weighted by atomic mass is 10.0. The number of likely N-dealkylation sites (N-methyl/N-ethyl adjacent to an activating group) is 1. The Morgan fingerprint density at radius 3 is 2.67 bits per heavy atom. The van der Waals surface area contributed by atoms with Crippen molar-refractivity contribution in [3.05, 3.63) is 33.4 Å². The molecule has 1 aromatic rings. The number of ketones is 1. The van der Waals surface area contributed by atoms with Crippen LogP contribution in [0.5, 0.6) is 11.5 Å². The van der Waals surface area contributed by atoms with Crippen LogP contribution < -0.4 is 9.47 Å². The van der Waals surface area contributed by atoms with E-state index in [0.717, 1.165) is 6.54 Å². The van der Waals surface area contributed by atoms with Crippen LogP contribution in [-0.2, 0) is 4.79 Å². The van der Waals surface area contributed by atoms with E-state index in [4.69, 9.17) is 9.47 Å². The minimum atomic E-state index is -0.503. The molecule has 0 aromatic heterocycles.